The Bertz CT molecular complexity index is 503. The zero-order chi connectivity index (χ0) is 13.8. The first kappa shape index (κ1) is 13.4. The smallest absolute Gasteiger partial charge is 0.295 e. The van der Waals surface area contributed by atoms with E-state index >= 15 is 0 Å². The van der Waals surface area contributed by atoms with E-state index in [-0.39, 0.29) is 6.54 Å². The summed E-state index contributed by atoms with van der Waals surface area (Å²) >= 11 is 0. The highest BCUT2D eigenvalue weighted by molar-refractivity contribution is 5.96. The van der Waals surface area contributed by atoms with Gasteiger partial charge in [0.05, 0.1) is 11.5 Å². The number of morpholine rings is 1. The second-order valence-corrected chi connectivity index (χ2v) is 3.94. The van der Waals surface area contributed by atoms with E-state index in [0.29, 0.717) is 13.2 Å². The molecule has 1 amide bonds. The summed E-state index contributed by atoms with van der Waals surface area (Å²) < 4.78 is 18.7. The molecule has 1 fully saturated rings. The van der Waals surface area contributed by atoms with Gasteiger partial charge < -0.3 is 15.4 Å². The lowest BCUT2D eigenvalue weighted by Gasteiger charge is -2.22. The van der Waals surface area contributed by atoms with Gasteiger partial charge >= 0.3 is 0 Å². The van der Waals surface area contributed by atoms with Crippen molar-refractivity contribution in [2.75, 3.05) is 25.0 Å². The van der Waals surface area contributed by atoms with Crippen molar-refractivity contribution in [3.8, 4) is 0 Å². The van der Waals surface area contributed by atoms with E-state index in [4.69, 9.17) is 4.74 Å². The van der Waals surface area contributed by atoms with Crippen LogP contribution in [-0.4, -0.2) is 36.6 Å². The van der Waals surface area contributed by atoms with Crippen molar-refractivity contribution in [2.24, 2.45) is 0 Å². The number of anilines is 1. The quantitative estimate of drug-likeness (QED) is 0.621. The molecule has 1 aliphatic heterocycles. The lowest BCUT2D eigenvalue weighted by atomic mass is 10.2. The second kappa shape index (κ2) is 5.72. The van der Waals surface area contributed by atoms with Crippen LogP contribution in [0.1, 0.15) is 0 Å². The molecule has 102 valence electrons. The van der Waals surface area contributed by atoms with Gasteiger partial charge in [-0.2, -0.15) is 0 Å². The van der Waals surface area contributed by atoms with Crippen molar-refractivity contribution >= 4 is 17.3 Å². The van der Waals surface area contributed by atoms with Gasteiger partial charge in [-0.3, -0.25) is 14.9 Å². The summed E-state index contributed by atoms with van der Waals surface area (Å²) in [6, 6.07) is 3.38. The molecular weight excluding hydrogens is 257 g/mol. The van der Waals surface area contributed by atoms with Crippen LogP contribution >= 0.6 is 0 Å². The molecule has 8 heteroatoms. The third-order valence-corrected chi connectivity index (χ3v) is 2.66. The fourth-order valence-electron chi connectivity index (χ4n) is 1.73. The lowest BCUT2D eigenvalue weighted by molar-refractivity contribution is -0.384. The molecule has 0 radical (unpaired) electrons. The number of nitro benzene ring substituents is 1. The molecule has 0 aliphatic carbocycles. The van der Waals surface area contributed by atoms with Gasteiger partial charge in [0.2, 0.25) is 0 Å². The van der Waals surface area contributed by atoms with Gasteiger partial charge in [0.15, 0.2) is 11.5 Å². The van der Waals surface area contributed by atoms with Crippen LogP contribution in [0, 0.1) is 15.9 Å². The van der Waals surface area contributed by atoms with E-state index in [2.05, 4.69) is 10.6 Å². The first-order chi connectivity index (χ1) is 9.09. The highest BCUT2D eigenvalue weighted by Crippen LogP contribution is 2.27. The van der Waals surface area contributed by atoms with E-state index < -0.39 is 34.1 Å². The zero-order valence-corrected chi connectivity index (χ0v) is 9.89. The van der Waals surface area contributed by atoms with E-state index in [0.717, 1.165) is 12.1 Å². The molecule has 1 aromatic carbocycles. The first-order valence-electron chi connectivity index (χ1n) is 5.65. The molecule has 2 rings (SSSR count). The highest BCUT2D eigenvalue weighted by Gasteiger charge is 2.26. The molecule has 1 heterocycles. The highest BCUT2D eigenvalue weighted by atomic mass is 19.1. The Hall–Kier alpha value is -2.06. The van der Waals surface area contributed by atoms with Crippen LogP contribution < -0.4 is 10.6 Å². The fourth-order valence-corrected chi connectivity index (χ4v) is 1.73. The van der Waals surface area contributed by atoms with Crippen LogP contribution in [0.4, 0.5) is 15.8 Å². The predicted molar refractivity (Wildman–Crippen MR) is 64.3 cm³/mol. The molecule has 2 N–H and O–H groups in total. The van der Waals surface area contributed by atoms with Gasteiger partial charge in [0.1, 0.15) is 6.10 Å². The minimum atomic E-state index is -0.855. The van der Waals surface area contributed by atoms with Crippen LogP contribution in [0.3, 0.4) is 0 Å². The maximum absolute atomic E-state index is 13.6. The number of rotatable bonds is 3. The first-order valence-corrected chi connectivity index (χ1v) is 5.65. The maximum Gasteiger partial charge on any atom is 0.295 e. The topological polar surface area (TPSA) is 93.5 Å². The number of benzene rings is 1. The summed E-state index contributed by atoms with van der Waals surface area (Å²) in [4.78, 5) is 21.9. The Labute approximate surface area is 107 Å². The van der Waals surface area contributed by atoms with E-state index in [9.17, 15) is 19.3 Å². The van der Waals surface area contributed by atoms with Crippen LogP contribution in [0.25, 0.3) is 0 Å². The third-order valence-electron chi connectivity index (χ3n) is 2.66. The average molecular weight is 269 g/mol. The molecule has 1 aromatic rings. The number of hydrogen-bond donors (Lipinski definition) is 2. The Morgan fingerprint density at radius 1 is 1.58 bits per heavy atom. The normalized spacial score (nSPS) is 18.9. The van der Waals surface area contributed by atoms with Crippen molar-refractivity contribution in [2.45, 2.75) is 6.10 Å². The molecule has 1 atom stereocenters. The van der Waals surface area contributed by atoms with Gasteiger partial charge in [-0.05, 0) is 6.07 Å². The monoisotopic (exact) mass is 269 g/mol. The van der Waals surface area contributed by atoms with E-state index in [1.165, 1.54) is 6.07 Å². The zero-order valence-electron chi connectivity index (χ0n) is 9.89. The van der Waals surface area contributed by atoms with Gasteiger partial charge in [0.25, 0.3) is 11.6 Å². The third kappa shape index (κ3) is 3.04. The molecule has 0 bridgehead atoms. The van der Waals surface area contributed by atoms with E-state index in [1.807, 2.05) is 0 Å². The predicted octanol–water partition coefficient (Wildman–Crippen LogP) is 0.661. The number of para-hydroxylation sites is 1. The molecule has 7 nitrogen and oxygen atoms in total. The lowest BCUT2D eigenvalue weighted by Crippen LogP contribution is -2.45. The second-order valence-electron chi connectivity index (χ2n) is 3.94. The number of nitrogens with one attached hydrogen (secondary N) is 2. The number of carbonyl (C=O) groups excluding carboxylic acids is 1. The number of nitrogens with zero attached hydrogens (tertiary/aromatic N) is 1. The number of nitro groups is 1. The van der Waals surface area contributed by atoms with Crippen molar-refractivity contribution in [1.82, 2.24) is 5.32 Å². The standard InChI is InChI=1S/C11H12FN3O4/c12-7-2-1-3-8(15(17)18)10(7)14-11(16)9-6-13-4-5-19-9/h1-3,9,13H,4-6H2,(H,14,16). The van der Waals surface area contributed by atoms with Crippen molar-refractivity contribution in [3.63, 3.8) is 0 Å². The molecule has 1 saturated heterocycles. The van der Waals surface area contributed by atoms with Crippen molar-refractivity contribution in [3.05, 3.63) is 34.1 Å². The summed E-state index contributed by atoms with van der Waals surface area (Å²) in [5, 5.41) is 15.9. The molecule has 0 spiro atoms. The molecule has 19 heavy (non-hydrogen) atoms. The number of carbonyl (C=O) groups is 1. The Morgan fingerprint density at radius 3 is 3.00 bits per heavy atom. The average Bonchev–Trinajstić information content (AvgIpc) is 2.41. The Morgan fingerprint density at radius 2 is 2.37 bits per heavy atom. The van der Waals surface area contributed by atoms with Gasteiger partial charge in [-0.25, -0.2) is 4.39 Å². The SMILES string of the molecule is O=C(Nc1c(F)cccc1[N+](=O)[O-])C1CNCCO1. The molecule has 0 aromatic heterocycles. The Balaban J connectivity index is 2.18. The maximum atomic E-state index is 13.6. The van der Waals surface area contributed by atoms with Crippen LogP contribution in [0.2, 0.25) is 0 Å². The molecule has 0 saturated carbocycles. The molecular formula is C11H12FN3O4. The van der Waals surface area contributed by atoms with Gasteiger partial charge in [-0.1, -0.05) is 6.07 Å². The molecule has 1 unspecified atom stereocenters. The van der Waals surface area contributed by atoms with Crippen LogP contribution in [0.5, 0.6) is 0 Å². The Kier molecular flexibility index (Phi) is 4.03. The van der Waals surface area contributed by atoms with Gasteiger partial charge in [0, 0.05) is 19.2 Å². The fraction of sp³-hybridized carbons (Fsp3) is 0.364. The minimum absolute atomic E-state index is 0.286. The van der Waals surface area contributed by atoms with Crippen molar-refractivity contribution < 1.29 is 18.8 Å². The summed E-state index contributed by atoms with van der Waals surface area (Å²) in [6.07, 6.45) is -0.784. The summed E-state index contributed by atoms with van der Waals surface area (Å²) in [5.41, 5.74) is -0.927. The van der Waals surface area contributed by atoms with Crippen LogP contribution in [0.15, 0.2) is 18.2 Å². The largest absolute Gasteiger partial charge is 0.366 e. The van der Waals surface area contributed by atoms with E-state index in [1.54, 1.807) is 0 Å². The number of ether oxygens (including phenoxy) is 1. The molecule has 1 aliphatic rings. The number of amides is 1. The van der Waals surface area contributed by atoms with Crippen LogP contribution in [-0.2, 0) is 9.53 Å². The van der Waals surface area contributed by atoms with Gasteiger partial charge in [-0.15, -0.1) is 0 Å². The summed E-state index contributed by atoms with van der Waals surface area (Å²) in [5.74, 6) is -1.47. The summed E-state index contributed by atoms with van der Waals surface area (Å²) in [7, 11) is 0. The number of halogens is 1. The minimum Gasteiger partial charge on any atom is -0.366 e. The summed E-state index contributed by atoms with van der Waals surface area (Å²) in [6.45, 7) is 1.27. The van der Waals surface area contributed by atoms with Crippen molar-refractivity contribution in [1.29, 1.82) is 0 Å². The number of hydrogen-bond acceptors (Lipinski definition) is 5.